The predicted octanol–water partition coefficient (Wildman–Crippen LogP) is 4.93. The second-order valence-corrected chi connectivity index (χ2v) is 8.42. The summed E-state index contributed by atoms with van der Waals surface area (Å²) >= 11 is 0. The van der Waals surface area contributed by atoms with Crippen molar-refractivity contribution in [2.45, 2.75) is 64.9 Å². The lowest BCUT2D eigenvalue weighted by Gasteiger charge is -2.32. The fourth-order valence-electron chi connectivity index (χ4n) is 3.52. The Hall–Kier alpha value is -2.30. The molecule has 1 fully saturated rings. The van der Waals surface area contributed by atoms with Crippen molar-refractivity contribution in [2.75, 3.05) is 6.54 Å². The Morgan fingerprint density at radius 3 is 2.65 bits per heavy atom. The smallest absolute Gasteiger partial charge is 0.417 e. The monoisotopic (exact) mass is 356 g/mol. The summed E-state index contributed by atoms with van der Waals surface area (Å²) in [5.74, 6) is 0.420. The summed E-state index contributed by atoms with van der Waals surface area (Å²) < 4.78 is 5.34. The van der Waals surface area contributed by atoms with E-state index in [1.807, 2.05) is 0 Å². The molecule has 0 aliphatic carbocycles. The third-order valence-electron chi connectivity index (χ3n) is 4.87. The molecule has 3 rings (SSSR count). The van der Waals surface area contributed by atoms with Crippen molar-refractivity contribution in [2.24, 2.45) is 0 Å². The van der Waals surface area contributed by atoms with Gasteiger partial charge in [-0.05, 0) is 62.3 Å². The van der Waals surface area contributed by atoms with Crippen molar-refractivity contribution in [3.05, 3.63) is 35.5 Å². The van der Waals surface area contributed by atoms with E-state index in [0.717, 1.165) is 17.5 Å². The molecule has 1 aromatic heterocycles. The van der Waals surface area contributed by atoms with Crippen LogP contribution in [-0.4, -0.2) is 34.0 Å². The van der Waals surface area contributed by atoms with Gasteiger partial charge in [0.2, 0.25) is 5.91 Å². The predicted molar refractivity (Wildman–Crippen MR) is 102 cm³/mol. The molecule has 26 heavy (non-hydrogen) atoms. The highest BCUT2D eigenvalue weighted by Crippen LogP contribution is 2.33. The maximum absolute atomic E-state index is 12.5. The second kappa shape index (κ2) is 6.78. The minimum Gasteiger partial charge on any atom is -0.443 e. The van der Waals surface area contributed by atoms with Gasteiger partial charge < -0.3 is 9.72 Å². The van der Waals surface area contributed by atoms with Crippen molar-refractivity contribution < 1.29 is 14.3 Å². The molecule has 5 nitrogen and oxygen atoms in total. The highest BCUT2D eigenvalue weighted by molar-refractivity contribution is 5.93. The summed E-state index contributed by atoms with van der Waals surface area (Å²) in [5, 5.41) is 1.22. The fraction of sp³-hybridized carbons (Fsp3) is 0.524. The number of amides is 2. The van der Waals surface area contributed by atoms with E-state index in [4.69, 9.17) is 4.74 Å². The minimum absolute atomic E-state index is 0.139. The van der Waals surface area contributed by atoms with Gasteiger partial charge in [0, 0.05) is 30.1 Å². The first-order valence-corrected chi connectivity index (χ1v) is 9.30. The quantitative estimate of drug-likeness (QED) is 0.829. The lowest BCUT2D eigenvalue weighted by Crippen LogP contribution is -2.44. The van der Waals surface area contributed by atoms with Gasteiger partial charge in [0.1, 0.15) is 5.60 Å². The molecule has 0 bridgehead atoms. The fourth-order valence-corrected chi connectivity index (χ4v) is 3.52. The molecule has 1 aliphatic heterocycles. The van der Waals surface area contributed by atoms with E-state index in [9.17, 15) is 9.59 Å². The molecule has 1 N–H and O–H groups in total. The average molecular weight is 356 g/mol. The molecule has 0 radical (unpaired) electrons. The van der Waals surface area contributed by atoms with Crippen LogP contribution in [0.1, 0.15) is 70.4 Å². The molecule has 1 aromatic carbocycles. The maximum atomic E-state index is 12.5. The summed E-state index contributed by atoms with van der Waals surface area (Å²) in [7, 11) is 0. The number of hydrogen-bond donors (Lipinski definition) is 1. The van der Waals surface area contributed by atoms with E-state index in [1.165, 1.54) is 15.8 Å². The van der Waals surface area contributed by atoms with Crippen molar-refractivity contribution in [1.82, 2.24) is 9.88 Å². The lowest BCUT2D eigenvalue weighted by molar-refractivity contribution is -0.132. The van der Waals surface area contributed by atoms with Crippen LogP contribution in [0.4, 0.5) is 4.79 Å². The van der Waals surface area contributed by atoms with Gasteiger partial charge in [-0.2, -0.15) is 0 Å². The second-order valence-electron chi connectivity index (χ2n) is 8.42. The van der Waals surface area contributed by atoms with Crippen molar-refractivity contribution >= 4 is 22.9 Å². The normalized spacial score (nSPS) is 18.6. The molecule has 0 saturated carbocycles. The topological polar surface area (TPSA) is 62.4 Å². The molecule has 140 valence electrons. The first-order valence-electron chi connectivity index (χ1n) is 9.30. The van der Waals surface area contributed by atoms with Gasteiger partial charge in [0.15, 0.2) is 0 Å². The van der Waals surface area contributed by atoms with Crippen LogP contribution in [0.25, 0.3) is 10.9 Å². The SMILES string of the molecule is CC(C)c1c[nH]c2ccc(C3CCN(C(=O)OC(C)(C)C)C(=O)C3)cc12. The number of benzene rings is 1. The molecule has 0 spiro atoms. The number of likely N-dealkylation sites (tertiary alicyclic amines) is 1. The minimum atomic E-state index is -0.596. The Bertz CT molecular complexity index is 829. The number of carbonyl (C=O) groups is 2. The third-order valence-corrected chi connectivity index (χ3v) is 4.87. The molecule has 1 aliphatic rings. The first kappa shape index (κ1) is 18.5. The van der Waals surface area contributed by atoms with Gasteiger partial charge in [0.25, 0.3) is 0 Å². The first-order chi connectivity index (χ1) is 12.2. The molecule has 2 aromatic rings. The van der Waals surface area contributed by atoms with Gasteiger partial charge >= 0.3 is 6.09 Å². The standard InChI is InChI=1S/C21H28N2O3/c1-13(2)17-12-22-18-7-6-14(10-16(17)18)15-8-9-23(19(24)11-15)20(25)26-21(3,4)5/h6-7,10,12-13,15,22H,8-9,11H2,1-5H3. The van der Waals surface area contributed by atoms with Crippen LogP contribution in [-0.2, 0) is 9.53 Å². The van der Waals surface area contributed by atoms with Gasteiger partial charge in [0.05, 0.1) is 0 Å². The Morgan fingerprint density at radius 1 is 1.31 bits per heavy atom. The average Bonchev–Trinajstić information content (AvgIpc) is 2.96. The van der Waals surface area contributed by atoms with Crippen LogP contribution in [0, 0.1) is 0 Å². The van der Waals surface area contributed by atoms with Crippen LogP contribution in [0.3, 0.4) is 0 Å². The zero-order chi connectivity index (χ0) is 19.1. The number of nitrogens with one attached hydrogen (secondary N) is 1. The van der Waals surface area contributed by atoms with E-state index in [-0.39, 0.29) is 11.8 Å². The van der Waals surface area contributed by atoms with Gasteiger partial charge in [-0.1, -0.05) is 19.9 Å². The molecule has 5 heteroatoms. The molecular weight excluding hydrogens is 328 g/mol. The largest absolute Gasteiger partial charge is 0.443 e. The molecule has 1 unspecified atom stereocenters. The van der Waals surface area contributed by atoms with Crippen LogP contribution in [0.15, 0.2) is 24.4 Å². The number of carbonyl (C=O) groups excluding carboxylic acids is 2. The summed E-state index contributed by atoms with van der Waals surface area (Å²) in [6, 6.07) is 6.37. The number of rotatable bonds is 2. The van der Waals surface area contributed by atoms with Gasteiger partial charge in [-0.3, -0.25) is 4.79 Å². The number of aromatic nitrogens is 1. The molecule has 2 amide bonds. The van der Waals surface area contributed by atoms with Crippen LogP contribution >= 0.6 is 0 Å². The van der Waals surface area contributed by atoms with E-state index in [1.54, 1.807) is 20.8 Å². The Labute approximate surface area is 154 Å². The number of piperidine rings is 1. The molecular formula is C21H28N2O3. The highest BCUT2D eigenvalue weighted by Gasteiger charge is 2.33. The number of fused-ring (bicyclic) bond motifs is 1. The van der Waals surface area contributed by atoms with E-state index in [0.29, 0.717) is 18.9 Å². The van der Waals surface area contributed by atoms with E-state index < -0.39 is 11.7 Å². The maximum Gasteiger partial charge on any atom is 0.417 e. The number of aromatic amines is 1. The number of hydrogen-bond acceptors (Lipinski definition) is 3. The van der Waals surface area contributed by atoms with E-state index in [2.05, 4.69) is 43.2 Å². The highest BCUT2D eigenvalue weighted by atomic mass is 16.6. The van der Waals surface area contributed by atoms with Crippen LogP contribution in [0.5, 0.6) is 0 Å². The summed E-state index contributed by atoms with van der Waals surface area (Å²) in [6.45, 7) is 10.2. The van der Waals surface area contributed by atoms with Gasteiger partial charge in [-0.25, -0.2) is 9.69 Å². The Morgan fingerprint density at radius 2 is 2.04 bits per heavy atom. The van der Waals surface area contributed by atoms with Crippen LogP contribution < -0.4 is 0 Å². The lowest BCUT2D eigenvalue weighted by atomic mass is 9.88. The summed E-state index contributed by atoms with van der Waals surface area (Å²) in [6.07, 6.45) is 2.63. The number of ether oxygens (including phenoxy) is 1. The summed E-state index contributed by atoms with van der Waals surface area (Å²) in [4.78, 5) is 29.3. The summed E-state index contributed by atoms with van der Waals surface area (Å²) in [5.41, 5.74) is 2.98. The Kier molecular flexibility index (Phi) is 4.82. The molecule has 1 saturated heterocycles. The van der Waals surface area contributed by atoms with Crippen molar-refractivity contribution in [3.63, 3.8) is 0 Å². The van der Waals surface area contributed by atoms with Gasteiger partial charge in [-0.15, -0.1) is 0 Å². The molecule has 1 atom stereocenters. The number of nitrogens with zero attached hydrogens (tertiary/aromatic N) is 1. The van der Waals surface area contributed by atoms with Crippen LogP contribution in [0.2, 0.25) is 0 Å². The van der Waals surface area contributed by atoms with Crippen molar-refractivity contribution in [1.29, 1.82) is 0 Å². The zero-order valence-electron chi connectivity index (χ0n) is 16.3. The zero-order valence-corrected chi connectivity index (χ0v) is 16.3. The number of H-pyrrole nitrogens is 1. The number of imide groups is 1. The Balaban J connectivity index is 1.76. The van der Waals surface area contributed by atoms with Crippen molar-refractivity contribution in [3.8, 4) is 0 Å². The third kappa shape index (κ3) is 3.76. The molecule has 2 heterocycles. The van der Waals surface area contributed by atoms with E-state index >= 15 is 0 Å².